The number of piperidine rings is 1. The third kappa shape index (κ3) is 4.02. The third-order valence-electron chi connectivity index (χ3n) is 4.92. The van der Waals surface area contributed by atoms with Crippen LogP contribution in [0, 0.1) is 6.92 Å². The lowest BCUT2D eigenvalue weighted by atomic mass is 10.1. The van der Waals surface area contributed by atoms with Crippen LogP contribution in [-0.2, 0) is 6.42 Å². The number of rotatable bonds is 4. The molecule has 4 rings (SSSR count). The Labute approximate surface area is 155 Å². The largest absolute Gasteiger partial charge is 1.00 e. The summed E-state index contributed by atoms with van der Waals surface area (Å²) in [5.74, 6) is 2.02. The zero-order valence-corrected chi connectivity index (χ0v) is 15.5. The molecule has 25 heavy (non-hydrogen) atoms. The van der Waals surface area contributed by atoms with Gasteiger partial charge in [-0.15, -0.1) is 0 Å². The van der Waals surface area contributed by atoms with Crippen LogP contribution in [0.2, 0.25) is 0 Å². The predicted octanol–water partition coefficient (Wildman–Crippen LogP) is -0.0385. The number of quaternary nitrogens is 1. The predicted molar refractivity (Wildman–Crippen MR) is 97.2 cm³/mol. The number of nitrogens with two attached hydrogens (primary N) is 1. The summed E-state index contributed by atoms with van der Waals surface area (Å²) in [5, 5.41) is 2.31. The summed E-state index contributed by atoms with van der Waals surface area (Å²) in [6.45, 7) is 4.25. The van der Waals surface area contributed by atoms with E-state index in [9.17, 15) is 0 Å². The monoisotopic (exact) mass is 356 g/mol. The van der Waals surface area contributed by atoms with E-state index in [-0.39, 0.29) is 12.4 Å². The molecular weight excluding hydrogens is 332 g/mol. The van der Waals surface area contributed by atoms with Gasteiger partial charge in [0.05, 0.1) is 0 Å². The number of fused-ring (bicyclic) bond motifs is 1. The standard InChI is InChI=1S/C20H24N4.ClH/c1-15-21-18-14-17(11-10-16-8-4-2-5-9-16)23-19(18)20(22-15)24-12-6-3-7-13-24;/h2,4-5,8-9,14,23H,3,6-7,10-13H2,1H3;1H. The Hall–Kier alpha value is -1.91. The Morgan fingerprint density at radius 3 is 2.52 bits per heavy atom. The Balaban J connectivity index is 0.00000182. The second-order valence-electron chi connectivity index (χ2n) is 6.79. The van der Waals surface area contributed by atoms with Crippen LogP contribution >= 0.6 is 0 Å². The summed E-state index contributed by atoms with van der Waals surface area (Å²) in [5.41, 5.74) is 5.09. The number of hydrogen-bond donors (Lipinski definition) is 1. The quantitative estimate of drug-likeness (QED) is 0.836. The number of aryl methyl sites for hydroxylation is 2. The zero-order chi connectivity index (χ0) is 16.4. The van der Waals surface area contributed by atoms with Gasteiger partial charge in [0.1, 0.15) is 17.2 Å². The first kappa shape index (κ1) is 17.9. The van der Waals surface area contributed by atoms with E-state index in [0.29, 0.717) is 0 Å². The van der Waals surface area contributed by atoms with Crippen molar-refractivity contribution in [2.24, 2.45) is 0 Å². The summed E-state index contributed by atoms with van der Waals surface area (Å²) < 4.78 is 0. The topological polar surface area (TPSA) is 45.6 Å². The van der Waals surface area contributed by atoms with Crippen molar-refractivity contribution in [3.8, 4) is 0 Å². The first-order chi connectivity index (χ1) is 11.8. The number of halogens is 1. The van der Waals surface area contributed by atoms with Crippen molar-refractivity contribution < 1.29 is 17.7 Å². The molecular formula is C20H25ClN4. The second-order valence-corrected chi connectivity index (χ2v) is 6.79. The zero-order valence-electron chi connectivity index (χ0n) is 14.7. The minimum absolute atomic E-state index is 0. The average molecular weight is 357 g/mol. The van der Waals surface area contributed by atoms with Crippen molar-refractivity contribution in [2.45, 2.75) is 39.0 Å². The van der Waals surface area contributed by atoms with E-state index < -0.39 is 0 Å². The maximum absolute atomic E-state index is 4.77. The minimum atomic E-state index is 0. The molecule has 0 saturated carbocycles. The van der Waals surface area contributed by atoms with Gasteiger partial charge in [0.2, 0.25) is 5.69 Å². The highest BCUT2D eigenvalue weighted by Gasteiger charge is 2.28. The summed E-state index contributed by atoms with van der Waals surface area (Å²) in [4.78, 5) is 11.9. The maximum Gasteiger partial charge on any atom is 0.203 e. The summed E-state index contributed by atoms with van der Waals surface area (Å²) in [6, 6.07) is 10.7. The SMILES string of the molecule is Cc1nc2c(c(N3CCCCC3)n1)[NH2+]C(CCc1ccccc1)=C2.[Cl-]. The van der Waals surface area contributed by atoms with Crippen LogP contribution in [0.1, 0.15) is 42.8 Å². The van der Waals surface area contributed by atoms with Gasteiger partial charge in [-0.2, -0.15) is 0 Å². The molecule has 1 aromatic heterocycles. The highest BCUT2D eigenvalue weighted by molar-refractivity contribution is 5.72. The Bertz CT molecular complexity index is 752. The normalized spacial score (nSPS) is 16.2. The van der Waals surface area contributed by atoms with E-state index in [0.717, 1.165) is 43.3 Å². The number of allylic oxidation sites excluding steroid dienone is 1. The molecule has 0 unspecified atom stereocenters. The van der Waals surface area contributed by atoms with Gasteiger partial charge in [-0.3, -0.25) is 5.32 Å². The van der Waals surface area contributed by atoms with Crippen molar-refractivity contribution in [1.82, 2.24) is 9.97 Å². The van der Waals surface area contributed by atoms with E-state index in [4.69, 9.17) is 4.98 Å². The molecule has 0 atom stereocenters. The highest BCUT2D eigenvalue weighted by atomic mass is 35.5. The summed E-state index contributed by atoms with van der Waals surface area (Å²) in [6.07, 6.45) is 8.26. The van der Waals surface area contributed by atoms with Gasteiger partial charge in [0.25, 0.3) is 0 Å². The molecule has 2 aliphatic heterocycles. The molecule has 0 amide bonds. The van der Waals surface area contributed by atoms with Crippen molar-refractivity contribution in [3.05, 3.63) is 53.1 Å². The molecule has 3 heterocycles. The molecule has 2 N–H and O–H groups in total. The van der Waals surface area contributed by atoms with Crippen LogP contribution in [0.4, 0.5) is 11.5 Å². The Morgan fingerprint density at radius 1 is 1.00 bits per heavy atom. The first-order valence-corrected chi connectivity index (χ1v) is 9.02. The van der Waals surface area contributed by atoms with Crippen LogP contribution in [0.25, 0.3) is 6.08 Å². The van der Waals surface area contributed by atoms with Crippen molar-refractivity contribution in [2.75, 3.05) is 18.0 Å². The number of nitrogens with zero attached hydrogens (tertiary/aromatic N) is 3. The van der Waals surface area contributed by atoms with Gasteiger partial charge in [0, 0.05) is 25.6 Å². The molecule has 2 aromatic rings. The highest BCUT2D eigenvalue weighted by Crippen LogP contribution is 2.30. The van der Waals surface area contributed by atoms with E-state index in [2.05, 4.69) is 51.6 Å². The lowest BCUT2D eigenvalue weighted by molar-refractivity contribution is -0.514. The number of anilines is 1. The van der Waals surface area contributed by atoms with E-state index >= 15 is 0 Å². The molecule has 2 aliphatic rings. The van der Waals surface area contributed by atoms with Crippen molar-refractivity contribution in [1.29, 1.82) is 0 Å². The minimum Gasteiger partial charge on any atom is -1.00 e. The first-order valence-electron chi connectivity index (χ1n) is 9.02. The Morgan fingerprint density at radius 2 is 1.76 bits per heavy atom. The van der Waals surface area contributed by atoms with Crippen LogP contribution in [0.5, 0.6) is 0 Å². The van der Waals surface area contributed by atoms with Gasteiger partial charge in [-0.05, 0) is 38.2 Å². The van der Waals surface area contributed by atoms with Crippen LogP contribution in [0.3, 0.4) is 0 Å². The molecule has 1 fully saturated rings. The molecule has 0 radical (unpaired) electrons. The Kier molecular flexibility index (Phi) is 5.71. The summed E-state index contributed by atoms with van der Waals surface area (Å²) in [7, 11) is 0. The average Bonchev–Trinajstić information content (AvgIpc) is 3.03. The number of hydrogen-bond acceptors (Lipinski definition) is 3. The molecule has 0 aliphatic carbocycles. The fraction of sp³-hybridized carbons (Fsp3) is 0.400. The maximum atomic E-state index is 4.77. The van der Waals surface area contributed by atoms with Gasteiger partial charge in [0.15, 0.2) is 5.82 Å². The number of benzene rings is 1. The fourth-order valence-electron chi connectivity index (χ4n) is 3.66. The molecule has 1 aromatic carbocycles. The molecule has 5 heteroatoms. The van der Waals surface area contributed by atoms with Crippen LogP contribution < -0.4 is 22.6 Å². The van der Waals surface area contributed by atoms with Gasteiger partial charge < -0.3 is 17.3 Å². The smallest absolute Gasteiger partial charge is 0.203 e. The van der Waals surface area contributed by atoms with E-state index in [1.807, 2.05) is 6.92 Å². The number of aromatic nitrogens is 2. The second kappa shape index (κ2) is 7.98. The van der Waals surface area contributed by atoms with Crippen LogP contribution in [0.15, 0.2) is 36.0 Å². The molecule has 4 nitrogen and oxygen atoms in total. The van der Waals surface area contributed by atoms with Gasteiger partial charge in [-0.25, -0.2) is 9.97 Å². The molecule has 0 bridgehead atoms. The fourth-order valence-corrected chi connectivity index (χ4v) is 3.66. The van der Waals surface area contributed by atoms with Crippen LogP contribution in [-0.4, -0.2) is 23.1 Å². The lowest BCUT2D eigenvalue weighted by Gasteiger charge is -2.28. The molecule has 132 valence electrons. The van der Waals surface area contributed by atoms with E-state index in [1.54, 1.807) is 0 Å². The third-order valence-corrected chi connectivity index (χ3v) is 4.92. The van der Waals surface area contributed by atoms with E-state index in [1.165, 1.54) is 36.2 Å². The summed E-state index contributed by atoms with van der Waals surface area (Å²) >= 11 is 0. The molecule has 1 saturated heterocycles. The van der Waals surface area contributed by atoms with Gasteiger partial charge in [-0.1, -0.05) is 30.3 Å². The lowest BCUT2D eigenvalue weighted by Crippen LogP contribution is -3.00. The molecule has 0 spiro atoms. The van der Waals surface area contributed by atoms with Gasteiger partial charge >= 0.3 is 0 Å². The van der Waals surface area contributed by atoms with Crippen molar-refractivity contribution in [3.63, 3.8) is 0 Å². The van der Waals surface area contributed by atoms with Crippen molar-refractivity contribution >= 4 is 17.6 Å².